The average Bonchev–Trinajstić information content (AvgIpc) is 2.67. The number of para-hydroxylation sites is 1. The van der Waals surface area contributed by atoms with Gasteiger partial charge in [0.15, 0.2) is 13.2 Å². The fourth-order valence-corrected chi connectivity index (χ4v) is 2.45. The normalized spacial score (nSPS) is 10.2. The third kappa shape index (κ3) is 6.83. The number of nitrogens with one attached hydrogen (secondary N) is 1. The van der Waals surface area contributed by atoms with Crippen LogP contribution in [0.3, 0.4) is 0 Å². The molecule has 0 fully saturated rings. The molecule has 0 saturated carbocycles. The van der Waals surface area contributed by atoms with Crippen LogP contribution in [0.25, 0.3) is 0 Å². The van der Waals surface area contributed by atoms with Crippen molar-refractivity contribution in [1.29, 1.82) is 0 Å². The van der Waals surface area contributed by atoms with Gasteiger partial charge in [-0.2, -0.15) is 0 Å². The quantitative estimate of drug-likeness (QED) is 0.665. The number of benzene rings is 2. The Morgan fingerprint density at radius 3 is 2.63 bits per heavy atom. The third-order valence-electron chi connectivity index (χ3n) is 3.76. The van der Waals surface area contributed by atoms with Gasteiger partial charge in [-0.1, -0.05) is 29.8 Å². The number of esters is 1. The molecule has 0 heterocycles. The second-order valence-electron chi connectivity index (χ2n) is 5.77. The topological polar surface area (TPSA) is 73.9 Å². The molecule has 0 aliphatic carbocycles. The van der Waals surface area contributed by atoms with Crippen molar-refractivity contribution in [1.82, 2.24) is 5.32 Å². The monoisotopic (exact) mass is 391 g/mol. The first-order chi connectivity index (χ1) is 13.0. The zero-order valence-corrected chi connectivity index (χ0v) is 16.0. The van der Waals surface area contributed by atoms with Crippen LogP contribution in [0.15, 0.2) is 42.5 Å². The van der Waals surface area contributed by atoms with E-state index >= 15 is 0 Å². The predicted octanol–water partition coefficient (Wildman–Crippen LogP) is 2.94. The summed E-state index contributed by atoms with van der Waals surface area (Å²) in [5.74, 6) is 0.283. The van der Waals surface area contributed by atoms with Gasteiger partial charge in [-0.3, -0.25) is 4.79 Å². The Balaban J connectivity index is 1.65. The van der Waals surface area contributed by atoms with Crippen molar-refractivity contribution in [3.8, 4) is 11.5 Å². The van der Waals surface area contributed by atoms with E-state index in [0.717, 1.165) is 16.9 Å². The maximum atomic E-state index is 11.8. The van der Waals surface area contributed by atoms with Crippen molar-refractivity contribution in [3.63, 3.8) is 0 Å². The molecule has 2 rings (SSSR count). The Kier molecular flexibility index (Phi) is 7.95. The Bertz CT molecular complexity index is 794. The van der Waals surface area contributed by atoms with Crippen LogP contribution < -0.4 is 14.8 Å². The van der Waals surface area contributed by atoms with Crippen LogP contribution in [0.4, 0.5) is 0 Å². The molecule has 0 aliphatic rings. The van der Waals surface area contributed by atoms with Crippen molar-refractivity contribution in [2.45, 2.75) is 13.3 Å². The minimum absolute atomic E-state index is 0.282. The van der Waals surface area contributed by atoms with Crippen molar-refractivity contribution < 1.29 is 23.8 Å². The van der Waals surface area contributed by atoms with E-state index in [4.69, 9.17) is 25.8 Å². The van der Waals surface area contributed by atoms with Crippen LogP contribution in [0.1, 0.15) is 11.1 Å². The number of amides is 1. The molecule has 0 unspecified atom stereocenters. The minimum atomic E-state index is -0.623. The lowest BCUT2D eigenvalue weighted by atomic mass is 10.1. The molecule has 0 aromatic heterocycles. The number of methoxy groups -OCH3 is 1. The van der Waals surface area contributed by atoms with Crippen LogP contribution in [0.5, 0.6) is 11.5 Å². The lowest BCUT2D eigenvalue weighted by Gasteiger charge is -2.10. The molecule has 0 spiro atoms. The van der Waals surface area contributed by atoms with E-state index in [2.05, 4.69) is 5.32 Å². The summed E-state index contributed by atoms with van der Waals surface area (Å²) in [4.78, 5) is 23.5. The highest BCUT2D eigenvalue weighted by Gasteiger charge is 2.09. The summed E-state index contributed by atoms with van der Waals surface area (Å²) in [6.07, 6.45) is 0.614. The molecule has 0 saturated heterocycles. The second-order valence-corrected chi connectivity index (χ2v) is 6.18. The molecule has 0 atom stereocenters. The molecule has 1 N–H and O–H groups in total. The number of halogens is 1. The van der Waals surface area contributed by atoms with Crippen molar-refractivity contribution in [2.75, 3.05) is 26.9 Å². The summed E-state index contributed by atoms with van der Waals surface area (Å²) in [6, 6.07) is 12.7. The first kappa shape index (κ1) is 20.6. The number of ether oxygens (including phenoxy) is 3. The lowest BCUT2D eigenvalue weighted by molar-refractivity contribution is -0.150. The molecule has 27 heavy (non-hydrogen) atoms. The average molecular weight is 392 g/mol. The molecule has 7 heteroatoms. The van der Waals surface area contributed by atoms with Gasteiger partial charge >= 0.3 is 5.97 Å². The minimum Gasteiger partial charge on any atom is -0.496 e. The SMILES string of the molecule is COc1ccccc1CCNC(=O)COC(=O)COc1ccc(Cl)c(C)c1. The molecule has 144 valence electrons. The Labute approximate surface area is 163 Å². The van der Waals surface area contributed by atoms with Gasteiger partial charge in [-0.05, 0) is 48.7 Å². The van der Waals surface area contributed by atoms with E-state index in [9.17, 15) is 9.59 Å². The largest absolute Gasteiger partial charge is 0.496 e. The van der Waals surface area contributed by atoms with Gasteiger partial charge in [-0.25, -0.2) is 4.79 Å². The molecular formula is C20H22ClNO5. The van der Waals surface area contributed by atoms with Crippen LogP contribution >= 0.6 is 11.6 Å². The summed E-state index contributed by atoms with van der Waals surface area (Å²) < 4.78 is 15.5. The van der Waals surface area contributed by atoms with E-state index in [0.29, 0.717) is 23.7 Å². The highest BCUT2D eigenvalue weighted by molar-refractivity contribution is 6.31. The first-order valence-electron chi connectivity index (χ1n) is 8.42. The van der Waals surface area contributed by atoms with E-state index in [1.165, 1.54) is 0 Å². The summed E-state index contributed by atoms with van der Waals surface area (Å²) in [7, 11) is 1.60. The fourth-order valence-electron chi connectivity index (χ4n) is 2.33. The van der Waals surface area contributed by atoms with Crippen LogP contribution in [0.2, 0.25) is 5.02 Å². The summed E-state index contributed by atoms with van der Waals surface area (Å²) >= 11 is 5.93. The zero-order valence-electron chi connectivity index (χ0n) is 15.3. The van der Waals surface area contributed by atoms with Crippen molar-refractivity contribution in [2.24, 2.45) is 0 Å². The maximum Gasteiger partial charge on any atom is 0.344 e. The van der Waals surface area contributed by atoms with E-state index in [1.807, 2.05) is 31.2 Å². The maximum absolute atomic E-state index is 11.8. The molecule has 2 aromatic carbocycles. The molecule has 6 nitrogen and oxygen atoms in total. The Hall–Kier alpha value is -2.73. The highest BCUT2D eigenvalue weighted by atomic mass is 35.5. The van der Waals surface area contributed by atoms with Crippen LogP contribution in [0, 0.1) is 6.92 Å². The van der Waals surface area contributed by atoms with Gasteiger partial charge < -0.3 is 19.5 Å². The van der Waals surface area contributed by atoms with Crippen molar-refractivity contribution >= 4 is 23.5 Å². The van der Waals surface area contributed by atoms with E-state index in [1.54, 1.807) is 25.3 Å². The number of rotatable bonds is 9. The van der Waals surface area contributed by atoms with Crippen LogP contribution in [-0.4, -0.2) is 38.7 Å². The second kappa shape index (κ2) is 10.4. The van der Waals surface area contributed by atoms with Crippen LogP contribution in [-0.2, 0) is 20.7 Å². The van der Waals surface area contributed by atoms with Gasteiger partial charge in [0.2, 0.25) is 0 Å². The molecule has 1 amide bonds. The Morgan fingerprint density at radius 2 is 1.89 bits per heavy atom. The summed E-state index contributed by atoms with van der Waals surface area (Å²) in [5, 5.41) is 3.32. The molecule has 0 bridgehead atoms. The highest BCUT2D eigenvalue weighted by Crippen LogP contribution is 2.21. The van der Waals surface area contributed by atoms with E-state index in [-0.39, 0.29) is 19.1 Å². The number of hydrogen-bond donors (Lipinski definition) is 1. The predicted molar refractivity (Wildman–Crippen MR) is 102 cm³/mol. The summed E-state index contributed by atoms with van der Waals surface area (Å²) in [6.45, 7) is 1.61. The molecular weight excluding hydrogens is 370 g/mol. The number of carbonyl (C=O) groups excluding carboxylic acids is 2. The molecule has 0 radical (unpaired) electrons. The molecule has 0 aliphatic heterocycles. The molecule has 2 aromatic rings. The third-order valence-corrected chi connectivity index (χ3v) is 4.18. The lowest BCUT2D eigenvalue weighted by Crippen LogP contribution is -2.31. The number of hydrogen-bond acceptors (Lipinski definition) is 5. The standard InChI is InChI=1S/C20H22ClNO5/c1-14-11-16(7-8-17(14)21)26-13-20(24)27-12-19(23)22-10-9-15-5-3-4-6-18(15)25-2/h3-8,11H,9-10,12-13H2,1-2H3,(H,22,23). The number of aryl methyl sites for hydroxylation is 1. The smallest absolute Gasteiger partial charge is 0.344 e. The first-order valence-corrected chi connectivity index (χ1v) is 8.80. The van der Waals surface area contributed by atoms with Gasteiger partial charge in [0.25, 0.3) is 5.91 Å². The Morgan fingerprint density at radius 1 is 1.11 bits per heavy atom. The van der Waals surface area contributed by atoms with E-state index < -0.39 is 5.97 Å². The number of carbonyl (C=O) groups is 2. The van der Waals surface area contributed by atoms with Gasteiger partial charge in [-0.15, -0.1) is 0 Å². The summed E-state index contributed by atoms with van der Waals surface area (Å²) in [5.41, 5.74) is 1.83. The zero-order chi connectivity index (χ0) is 19.6. The van der Waals surface area contributed by atoms with Gasteiger partial charge in [0, 0.05) is 11.6 Å². The van der Waals surface area contributed by atoms with Gasteiger partial charge in [0.05, 0.1) is 7.11 Å². The fraction of sp³-hybridized carbons (Fsp3) is 0.300. The van der Waals surface area contributed by atoms with Crippen molar-refractivity contribution in [3.05, 3.63) is 58.6 Å². The van der Waals surface area contributed by atoms with Gasteiger partial charge in [0.1, 0.15) is 11.5 Å².